The van der Waals surface area contributed by atoms with E-state index in [0.29, 0.717) is 32.5 Å². The molecular formula is C75H148N2O8. The van der Waals surface area contributed by atoms with Gasteiger partial charge in [-0.2, -0.15) is 0 Å². The van der Waals surface area contributed by atoms with Crippen molar-refractivity contribution < 1.29 is 39.2 Å². The van der Waals surface area contributed by atoms with Gasteiger partial charge in [-0.05, 0) is 25.7 Å². The number of β-amino-alcohol motifs (C(OH)–C–C–N with tert-alkyl or cyclic N) is 1. The average molecular weight is 1210 g/mol. The molecule has 0 aromatic heterocycles. The number of carbonyl (C=O) groups excluding carboxylic acids is 3. The number of ether oxygens (including phenoxy) is 2. The normalized spacial score (nSPS) is 14.5. The van der Waals surface area contributed by atoms with E-state index in [0.717, 1.165) is 44.9 Å². The van der Waals surface area contributed by atoms with Crippen molar-refractivity contribution in [3.63, 3.8) is 0 Å². The number of esters is 1. The Kier molecular flexibility index (Phi) is 66.8. The van der Waals surface area contributed by atoms with Crippen molar-refractivity contribution in [2.24, 2.45) is 0 Å². The number of carbonyl (C=O) groups is 3. The first kappa shape index (κ1) is 83.2. The second kappa shape index (κ2) is 68.2. The zero-order valence-electron chi connectivity index (χ0n) is 57.5. The molecule has 0 aromatic rings. The summed E-state index contributed by atoms with van der Waals surface area (Å²) in [6.07, 6.45) is 71.7. The van der Waals surface area contributed by atoms with Gasteiger partial charge in [0.2, 0.25) is 11.8 Å². The molecular weight excluding hydrogens is 1060 g/mol. The molecule has 0 aliphatic carbocycles. The molecule has 2 amide bonds. The Morgan fingerprint density at radius 2 is 0.718 bits per heavy atom. The molecule has 10 nitrogen and oxygen atoms in total. The third kappa shape index (κ3) is 58.4. The van der Waals surface area contributed by atoms with E-state index in [1.54, 1.807) is 9.80 Å². The van der Waals surface area contributed by atoms with Gasteiger partial charge in [-0.25, -0.2) is 4.79 Å². The smallest absolute Gasteiger partial charge is 0.328 e. The van der Waals surface area contributed by atoms with Crippen LogP contribution in [-0.2, 0) is 23.9 Å². The summed E-state index contributed by atoms with van der Waals surface area (Å²) < 4.78 is 11.2. The van der Waals surface area contributed by atoms with Crippen LogP contribution in [0.1, 0.15) is 400 Å². The molecule has 3 atom stereocenters. The zero-order chi connectivity index (χ0) is 62.0. The molecule has 10 heteroatoms. The van der Waals surface area contributed by atoms with Crippen molar-refractivity contribution in [3.8, 4) is 0 Å². The van der Waals surface area contributed by atoms with Crippen molar-refractivity contribution in [1.29, 1.82) is 0 Å². The maximum Gasteiger partial charge on any atom is 0.328 e. The molecule has 506 valence electrons. The number of hydrogen-bond acceptors (Lipinski definition) is 8. The van der Waals surface area contributed by atoms with Crippen molar-refractivity contribution in [1.82, 2.24) is 9.80 Å². The summed E-state index contributed by atoms with van der Waals surface area (Å²) in [5.74, 6) is -0.299. The molecule has 1 saturated heterocycles. The number of nitrogens with zero attached hydrogens (tertiary/aromatic N) is 2. The molecule has 3 unspecified atom stereocenters. The van der Waals surface area contributed by atoms with Crippen LogP contribution in [0.5, 0.6) is 0 Å². The summed E-state index contributed by atoms with van der Waals surface area (Å²) >= 11 is 0. The van der Waals surface area contributed by atoms with E-state index in [2.05, 4.69) is 27.7 Å². The van der Waals surface area contributed by atoms with Crippen LogP contribution in [0.4, 0.5) is 0 Å². The number of likely N-dealkylation sites (tertiary alicyclic amines) is 1. The van der Waals surface area contributed by atoms with Gasteiger partial charge in [0.25, 0.3) is 0 Å². The lowest BCUT2D eigenvalue weighted by Crippen LogP contribution is -2.41. The lowest BCUT2D eigenvalue weighted by atomic mass is 10.0. The van der Waals surface area contributed by atoms with Crippen molar-refractivity contribution in [2.75, 3.05) is 46.1 Å². The predicted molar refractivity (Wildman–Crippen MR) is 363 cm³/mol. The van der Waals surface area contributed by atoms with Gasteiger partial charge in [-0.1, -0.05) is 355 Å². The maximum atomic E-state index is 12.8. The lowest BCUT2D eigenvalue weighted by molar-refractivity contribution is -0.153. The van der Waals surface area contributed by atoms with Gasteiger partial charge in [-0.15, -0.1) is 0 Å². The van der Waals surface area contributed by atoms with Crippen LogP contribution < -0.4 is 0 Å². The van der Waals surface area contributed by atoms with Crippen LogP contribution in [0, 0.1) is 0 Å². The fraction of sp³-hybridized carbons (Fsp3) is 0.960. The number of aliphatic hydroxyl groups excluding tert-OH is 3. The van der Waals surface area contributed by atoms with E-state index < -0.39 is 18.2 Å². The minimum absolute atomic E-state index is 0.00642. The minimum atomic E-state index is -0.696. The third-order valence-corrected chi connectivity index (χ3v) is 18.0. The van der Waals surface area contributed by atoms with Gasteiger partial charge in [-0.3, -0.25) is 9.59 Å². The predicted octanol–water partition coefficient (Wildman–Crippen LogP) is 21.0. The fourth-order valence-electron chi connectivity index (χ4n) is 12.3. The standard InChI is InChI=1S/C38H77NO4.C37H71NO4/c1-3-5-7-9-11-13-15-17-18-20-22-24-26-28-30-34-43-36-37(41)35-39(32-33-40)38(42)31-29-27-25-23-21-19-16-14-12-10-8-6-4-2;1-3-5-7-9-11-13-15-17-19-21-23-25-27-29-31-42-37(41)35-32-34(39)33-38(35)36(40)30-28-26-24-22-20-18-16-14-12-10-8-6-4-2/h37,40-41H,3-36H2,1-2H3;34-35,39H,3-33H2,1-2H3. The van der Waals surface area contributed by atoms with Crippen LogP contribution in [-0.4, -0.2) is 107 Å². The third-order valence-electron chi connectivity index (χ3n) is 18.0. The van der Waals surface area contributed by atoms with E-state index in [1.807, 2.05) is 0 Å². The summed E-state index contributed by atoms with van der Waals surface area (Å²) in [7, 11) is 0. The molecule has 1 aliphatic rings. The van der Waals surface area contributed by atoms with Crippen LogP contribution in [0.3, 0.4) is 0 Å². The Hall–Kier alpha value is -1.75. The molecule has 0 bridgehead atoms. The first-order chi connectivity index (χ1) is 41.7. The van der Waals surface area contributed by atoms with Gasteiger partial charge in [0.05, 0.1) is 32.0 Å². The van der Waals surface area contributed by atoms with E-state index in [9.17, 15) is 29.7 Å². The van der Waals surface area contributed by atoms with Gasteiger partial charge < -0.3 is 34.6 Å². The Balaban J connectivity index is 0.00000166. The van der Waals surface area contributed by atoms with Crippen LogP contribution in [0.2, 0.25) is 0 Å². The SMILES string of the molecule is CCCCCCCCCCCCCCCCCOCC(O)CN(CCO)C(=O)CCCCCCCCCCCCCCC.CCCCCCCCCCCCCCCCOC(=O)C1CC(O)CN1C(=O)CCCCCCCCCCCCCCC. The molecule has 85 heavy (non-hydrogen) atoms. The first-order valence-electron chi connectivity index (χ1n) is 38.0. The Labute approximate surface area is 528 Å². The van der Waals surface area contributed by atoms with Crippen molar-refractivity contribution in [2.45, 2.75) is 418 Å². The fourth-order valence-corrected chi connectivity index (χ4v) is 12.3. The Morgan fingerprint density at radius 3 is 1.05 bits per heavy atom. The van der Waals surface area contributed by atoms with E-state index in [4.69, 9.17) is 9.47 Å². The summed E-state index contributed by atoms with van der Waals surface area (Å²) in [5, 5.41) is 30.0. The summed E-state index contributed by atoms with van der Waals surface area (Å²) in [4.78, 5) is 41.4. The number of unbranched alkanes of at least 4 members (excludes halogenated alkanes) is 51. The highest BCUT2D eigenvalue weighted by atomic mass is 16.5. The second-order valence-corrected chi connectivity index (χ2v) is 26.4. The average Bonchev–Trinajstić information content (AvgIpc) is 4.11. The minimum Gasteiger partial charge on any atom is -0.464 e. The van der Waals surface area contributed by atoms with Crippen LogP contribution in [0.25, 0.3) is 0 Å². The largest absolute Gasteiger partial charge is 0.464 e. The topological polar surface area (TPSA) is 137 Å². The van der Waals surface area contributed by atoms with Crippen LogP contribution >= 0.6 is 0 Å². The highest BCUT2D eigenvalue weighted by Crippen LogP contribution is 2.23. The van der Waals surface area contributed by atoms with E-state index in [1.165, 1.54) is 308 Å². The van der Waals surface area contributed by atoms with Gasteiger partial charge in [0.1, 0.15) is 6.04 Å². The Morgan fingerprint density at radius 1 is 0.424 bits per heavy atom. The second-order valence-electron chi connectivity index (χ2n) is 26.4. The van der Waals surface area contributed by atoms with Gasteiger partial charge in [0.15, 0.2) is 0 Å². The summed E-state index contributed by atoms with van der Waals surface area (Å²) in [6.45, 7) is 11.2. The monoisotopic (exact) mass is 1210 g/mol. The quantitative estimate of drug-likeness (QED) is 0.0405. The lowest BCUT2D eigenvalue weighted by Gasteiger charge is -2.24. The first-order valence-corrected chi connectivity index (χ1v) is 38.0. The number of amides is 2. The molecule has 0 aromatic carbocycles. The molecule has 3 N–H and O–H groups in total. The highest BCUT2D eigenvalue weighted by molar-refractivity contribution is 5.85. The highest BCUT2D eigenvalue weighted by Gasteiger charge is 2.39. The summed E-state index contributed by atoms with van der Waals surface area (Å²) in [6, 6.07) is -0.610. The molecule has 0 spiro atoms. The van der Waals surface area contributed by atoms with Gasteiger partial charge >= 0.3 is 5.97 Å². The number of hydrogen-bond donors (Lipinski definition) is 3. The van der Waals surface area contributed by atoms with Gasteiger partial charge in [0, 0.05) is 45.5 Å². The number of aliphatic hydroxyl groups is 3. The van der Waals surface area contributed by atoms with Crippen LogP contribution in [0.15, 0.2) is 0 Å². The molecule has 1 aliphatic heterocycles. The molecule has 0 saturated carbocycles. The molecule has 1 heterocycles. The maximum absolute atomic E-state index is 12.8. The molecule has 1 fully saturated rings. The Bertz CT molecular complexity index is 1370. The zero-order valence-corrected chi connectivity index (χ0v) is 57.5. The summed E-state index contributed by atoms with van der Waals surface area (Å²) in [5.41, 5.74) is 0. The van der Waals surface area contributed by atoms with Crippen molar-refractivity contribution >= 4 is 17.8 Å². The molecule has 0 radical (unpaired) electrons. The van der Waals surface area contributed by atoms with Crippen molar-refractivity contribution in [3.05, 3.63) is 0 Å². The van der Waals surface area contributed by atoms with E-state index in [-0.39, 0.29) is 50.6 Å². The number of rotatable bonds is 66. The molecule has 1 rings (SSSR count). The van der Waals surface area contributed by atoms with E-state index >= 15 is 0 Å².